The predicted octanol–water partition coefficient (Wildman–Crippen LogP) is 1.96. The first-order valence-corrected chi connectivity index (χ1v) is 9.52. The minimum atomic E-state index is 0.748. The maximum absolute atomic E-state index is 4.53. The molecule has 1 aromatic heterocycles. The second kappa shape index (κ2) is 5.68. The van der Waals surface area contributed by atoms with E-state index in [-0.39, 0.29) is 0 Å². The van der Waals surface area contributed by atoms with Crippen molar-refractivity contribution >= 4 is 21.6 Å². The Balaban J connectivity index is 1.57. The molecule has 0 N–H and O–H groups in total. The molecule has 3 saturated heterocycles. The Morgan fingerprint density at radius 3 is 2.68 bits per heavy atom. The Morgan fingerprint density at radius 2 is 2.11 bits per heavy atom. The van der Waals surface area contributed by atoms with Crippen molar-refractivity contribution in [1.29, 1.82) is 0 Å². The number of aryl methyl sites for hydroxylation is 1. The third-order valence-corrected chi connectivity index (χ3v) is 6.14. The zero-order chi connectivity index (χ0) is 13.4. The Labute approximate surface area is 123 Å². The summed E-state index contributed by atoms with van der Waals surface area (Å²) in [5, 5.41) is 0. The minimum Gasteiger partial charge on any atom is -0.334 e. The molecule has 4 heterocycles. The fraction of sp³-hybridized carbons (Fsp3) is 0.769. The van der Waals surface area contributed by atoms with Crippen LogP contribution in [0.3, 0.4) is 0 Å². The van der Waals surface area contributed by atoms with Crippen molar-refractivity contribution in [2.24, 2.45) is 7.05 Å². The Hall–Kier alpha value is -0.170. The first kappa shape index (κ1) is 13.8. The number of nitrogens with zero attached hydrogens (tertiary/aromatic N) is 4. The van der Waals surface area contributed by atoms with Gasteiger partial charge in [-0.3, -0.25) is 9.80 Å². The molecule has 0 saturated carbocycles. The monoisotopic (exact) mass is 298 g/mol. The lowest BCUT2D eigenvalue weighted by atomic mass is 9.88. The number of hydrogen-bond donors (Lipinski definition) is 0. The van der Waals surface area contributed by atoms with Crippen LogP contribution >= 0.6 is 21.6 Å². The third kappa shape index (κ3) is 2.68. The van der Waals surface area contributed by atoms with E-state index in [0.717, 1.165) is 18.6 Å². The molecule has 0 radical (unpaired) electrons. The van der Waals surface area contributed by atoms with Crippen LogP contribution in [-0.2, 0) is 13.6 Å². The van der Waals surface area contributed by atoms with Gasteiger partial charge in [-0.25, -0.2) is 4.98 Å². The normalized spacial score (nSPS) is 27.5. The smallest absolute Gasteiger partial charge is 0.122 e. The number of rotatable bonds is 5. The zero-order valence-corrected chi connectivity index (χ0v) is 13.5. The molecule has 0 spiro atoms. The third-order valence-electron chi connectivity index (χ3n) is 4.41. The van der Waals surface area contributed by atoms with Crippen LogP contribution in [0.25, 0.3) is 0 Å². The molecule has 2 unspecified atom stereocenters. The maximum Gasteiger partial charge on any atom is 0.122 e. The SMILES string of the molecule is CSSCN1CC2CC(C1)N2Cc1ncc(C)n1C. The van der Waals surface area contributed by atoms with Gasteiger partial charge in [-0.15, -0.1) is 0 Å². The van der Waals surface area contributed by atoms with Crippen LogP contribution in [0, 0.1) is 6.92 Å². The summed E-state index contributed by atoms with van der Waals surface area (Å²) < 4.78 is 2.22. The van der Waals surface area contributed by atoms with Crippen molar-refractivity contribution in [3.05, 3.63) is 17.7 Å². The summed E-state index contributed by atoms with van der Waals surface area (Å²) in [5.41, 5.74) is 1.25. The second-order valence-corrected chi connectivity index (χ2v) is 8.07. The van der Waals surface area contributed by atoms with Gasteiger partial charge in [-0.1, -0.05) is 21.6 Å². The zero-order valence-electron chi connectivity index (χ0n) is 11.9. The lowest BCUT2D eigenvalue weighted by molar-refractivity contribution is -0.0705. The van der Waals surface area contributed by atoms with Crippen molar-refractivity contribution in [2.45, 2.75) is 32.0 Å². The summed E-state index contributed by atoms with van der Waals surface area (Å²) in [6.07, 6.45) is 5.52. The van der Waals surface area contributed by atoms with E-state index >= 15 is 0 Å². The molecule has 2 atom stereocenters. The number of hydrogen-bond acceptors (Lipinski definition) is 5. The maximum atomic E-state index is 4.53. The average molecular weight is 298 g/mol. The molecule has 106 valence electrons. The van der Waals surface area contributed by atoms with Gasteiger partial charge < -0.3 is 4.57 Å². The van der Waals surface area contributed by atoms with Gasteiger partial charge >= 0.3 is 0 Å². The standard InChI is InChI=1S/C13H22N4S2/c1-10-5-14-13(15(10)2)8-17-11-4-12(17)7-16(6-11)9-19-18-3/h5,11-12H,4,6-9H2,1-3H3. The summed E-state index contributed by atoms with van der Waals surface area (Å²) in [6.45, 7) is 5.60. The first-order chi connectivity index (χ1) is 9.19. The van der Waals surface area contributed by atoms with Crippen molar-refractivity contribution in [1.82, 2.24) is 19.4 Å². The highest BCUT2D eigenvalue weighted by atomic mass is 33.1. The van der Waals surface area contributed by atoms with E-state index in [1.807, 2.05) is 27.8 Å². The van der Waals surface area contributed by atoms with Crippen molar-refractivity contribution in [3.63, 3.8) is 0 Å². The summed E-state index contributed by atoms with van der Waals surface area (Å²) in [6, 6.07) is 1.50. The minimum absolute atomic E-state index is 0.748. The van der Waals surface area contributed by atoms with Crippen LogP contribution in [0.1, 0.15) is 17.9 Å². The van der Waals surface area contributed by atoms with E-state index in [2.05, 4.69) is 39.6 Å². The first-order valence-electron chi connectivity index (χ1n) is 6.80. The van der Waals surface area contributed by atoms with Gasteiger partial charge in [0.1, 0.15) is 5.82 Å². The highest BCUT2D eigenvalue weighted by molar-refractivity contribution is 8.76. The van der Waals surface area contributed by atoms with Gasteiger partial charge in [0.2, 0.25) is 0 Å². The van der Waals surface area contributed by atoms with E-state index in [1.165, 1.54) is 36.9 Å². The Kier molecular flexibility index (Phi) is 4.12. The van der Waals surface area contributed by atoms with E-state index < -0.39 is 0 Å². The molecular weight excluding hydrogens is 276 g/mol. The number of aromatic nitrogens is 2. The van der Waals surface area contributed by atoms with Crippen molar-refractivity contribution in [3.8, 4) is 0 Å². The Bertz CT molecular complexity index is 436. The summed E-state index contributed by atoms with van der Waals surface area (Å²) in [5.74, 6) is 2.38. The fourth-order valence-corrected chi connectivity index (χ4v) is 4.35. The Morgan fingerprint density at radius 1 is 1.37 bits per heavy atom. The van der Waals surface area contributed by atoms with E-state index in [1.54, 1.807) is 0 Å². The average Bonchev–Trinajstić information content (AvgIpc) is 2.74. The van der Waals surface area contributed by atoms with E-state index in [9.17, 15) is 0 Å². The molecule has 1 aromatic rings. The van der Waals surface area contributed by atoms with Gasteiger partial charge in [-0.2, -0.15) is 0 Å². The van der Waals surface area contributed by atoms with Gasteiger partial charge in [-0.05, 0) is 19.6 Å². The predicted molar refractivity (Wildman–Crippen MR) is 83.2 cm³/mol. The largest absolute Gasteiger partial charge is 0.334 e. The molecule has 0 amide bonds. The van der Waals surface area contributed by atoms with E-state index in [4.69, 9.17) is 0 Å². The van der Waals surface area contributed by atoms with Gasteiger partial charge in [0.05, 0.1) is 12.4 Å². The van der Waals surface area contributed by atoms with E-state index in [0.29, 0.717) is 0 Å². The molecular formula is C13H22N4S2. The van der Waals surface area contributed by atoms with Gasteiger partial charge in [0, 0.05) is 44.1 Å². The van der Waals surface area contributed by atoms with Crippen molar-refractivity contribution < 1.29 is 0 Å². The van der Waals surface area contributed by atoms with Crippen molar-refractivity contribution in [2.75, 3.05) is 25.2 Å². The topological polar surface area (TPSA) is 24.3 Å². The lowest BCUT2D eigenvalue weighted by Crippen LogP contribution is -2.68. The van der Waals surface area contributed by atoms with Crippen LogP contribution in [0.2, 0.25) is 0 Å². The lowest BCUT2D eigenvalue weighted by Gasteiger charge is -2.56. The molecule has 6 heteroatoms. The number of piperidine rings is 1. The van der Waals surface area contributed by atoms with Crippen LogP contribution < -0.4 is 0 Å². The fourth-order valence-electron chi connectivity index (χ4n) is 3.12. The molecule has 0 aromatic carbocycles. The molecule has 3 aliphatic rings. The summed E-state index contributed by atoms with van der Waals surface area (Å²) >= 11 is 0. The van der Waals surface area contributed by atoms with Gasteiger partial charge in [0.15, 0.2) is 0 Å². The molecule has 4 rings (SSSR count). The molecule has 0 aliphatic carbocycles. The quantitative estimate of drug-likeness (QED) is 0.774. The number of piperazine rings is 1. The highest BCUT2D eigenvalue weighted by Crippen LogP contribution is 2.34. The molecule has 4 nitrogen and oxygen atoms in total. The molecule has 3 fully saturated rings. The summed E-state index contributed by atoms with van der Waals surface area (Å²) in [4.78, 5) is 9.77. The van der Waals surface area contributed by atoms with Gasteiger partial charge in [0.25, 0.3) is 0 Å². The molecule has 19 heavy (non-hydrogen) atoms. The van der Waals surface area contributed by atoms with Crippen LogP contribution in [0.15, 0.2) is 6.20 Å². The second-order valence-electron chi connectivity index (χ2n) is 5.54. The van der Waals surface area contributed by atoms with Crippen LogP contribution in [-0.4, -0.2) is 56.7 Å². The van der Waals surface area contributed by atoms with Crippen LogP contribution in [0.5, 0.6) is 0 Å². The van der Waals surface area contributed by atoms with Crippen LogP contribution in [0.4, 0.5) is 0 Å². The summed E-state index contributed by atoms with van der Waals surface area (Å²) in [7, 11) is 5.94. The number of imidazole rings is 1. The highest BCUT2D eigenvalue weighted by Gasteiger charge is 2.44. The molecule has 2 bridgehead atoms. The molecule has 3 aliphatic heterocycles. The number of fused-ring (bicyclic) bond motifs is 2.